The van der Waals surface area contributed by atoms with Gasteiger partial charge in [0.2, 0.25) is 0 Å². The van der Waals surface area contributed by atoms with E-state index in [1.54, 1.807) is 0 Å². The minimum atomic E-state index is -0.482. The van der Waals surface area contributed by atoms with E-state index >= 15 is 0 Å². The van der Waals surface area contributed by atoms with E-state index in [0.717, 1.165) is 0 Å². The van der Waals surface area contributed by atoms with Gasteiger partial charge < -0.3 is 9.47 Å². The molecule has 0 N–H and O–H groups in total. The van der Waals surface area contributed by atoms with E-state index in [9.17, 15) is 9.59 Å². The van der Waals surface area contributed by atoms with Crippen molar-refractivity contribution in [3.63, 3.8) is 0 Å². The van der Waals surface area contributed by atoms with Gasteiger partial charge in [-0.2, -0.15) is 0 Å². The second-order valence-electron chi connectivity index (χ2n) is 1.32. The monoisotopic (exact) mass is 140 g/mol. The molecule has 1 rings (SSSR count). The molecule has 1 fully saturated rings. The van der Waals surface area contributed by atoms with E-state index < -0.39 is 11.9 Å². The quantitative estimate of drug-likeness (QED) is 0.301. The zero-order valence-corrected chi connectivity index (χ0v) is 4.05. The number of esters is 2. The third-order valence-corrected chi connectivity index (χ3v) is 0.702. The first-order valence-corrected chi connectivity index (χ1v) is 2.10. The van der Waals surface area contributed by atoms with E-state index in [-0.39, 0.29) is 42.8 Å². The summed E-state index contributed by atoms with van der Waals surface area (Å²) >= 11 is 0. The number of hydrogen-bond acceptors (Lipinski definition) is 4. The predicted octanol–water partition coefficient (Wildman–Crippen LogP) is -1.56. The fourth-order valence-corrected chi connectivity index (χ4v) is 0.362. The first kappa shape index (κ1) is 8.94. The average molecular weight is 140 g/mol. The number of rotatable bonds is 0. The molecule has 9 heavy (non-hydrogen) atoms. The fourth-order valence-electron chi connectivity index (χ4n) is 0.362. The molecule has 1 saturated heterocycles. The SMILES string of the molecule is O=C1COC(=O)CO1.[NaH]. The second-order valence-corrected chi connectivity index (χ2v) is 1.32. The van der Waals surface area contributed by atoms with Crippen molar-refractivity contribution < 1.29 is 19.1 Å². The van der Waals surface area contributed by atoms with Crippen LogP contribution in [0, 0.1) is 0 Å². The summed E-state index contributed by atoms with van der Waals surface area (Å²) in [5.41, 5.74) is 0. The Bertz CT molecular complexity index is 105. The van der Waals surface area contributed by atoms with Gasteiger partial charge in [-0.3, -0.25) is 0 Å². The molecule has 0 aromatic heterocycles. The summed E-state index contributed by atoms with van der Waals surface area (Å²) in [5, 5.41) is 0. The van der Waals surface area contributed by atoms with Crippen molar-refractivity contribution in [2.75, 3.05) is 13.2 Å². The van der Waals surface area contributed by atoms with Crippen molar-refractivity contribution in [3.8, 4) is 0 Å². The van der Waals surface area contributed by atoms with Gasteiger partial charge >= 0.3 is 41.5 Å². The third-order valence-electron chi connectivity index (χ3n) is 0.702. The van der Waals surface area contributed by atoms with Crippen molar-refractivity contribution in [3.05, 3.63) is 0 Å². The summed E-state index contributed by atoms with van der Waals surface area (Å²) < 4.78 is 8.55. The molecule has 0 atom stereocenters. The van der Waals surface area contributed by atoms with Gasteiger partial charge in [-0.05, 0) is 0 Å². The van der Waals surface area contributed by atoms with Crippen LogP contribution >= 0.6 is 0 Å². The van der Waals surface area contributed by atoms with Crippen LogP contribution in [0.4, 0.5) is 0 Å². The van der Waals surface area contributed by atoms with Crippen LogP contribution in [0.25, 0.3) is 0 Å². The number of hydrogen-bond donors (Lipinski definition) is 0. The Kier molecular flexibility index (Phi) is 3.84. The molecule has 1 heterocycles. The van der Waals surface area contributed by atoms with Crippen molar-refractivity contribution >= 4 is 41.5 Å². The Labute approximate surface area is 73.8 Å². The molecule has 0 aliphatic carbocycles. The molecule has 1 aliphatic rings. The van der Waals surface area contributed by atoms with Crippen molar-refractivity contribution in [1.29, 1.82) is 0 Å². The molecule has 0 spiro atoms. The van der Waals surface area contributed by atoms with E-state index in [0.29, 0.717) is 0 Å². The molecule has 4 nitrogen and oxygen atoms in total. The molecule has 0 radical (unpaired) electrons. The Hall–Kier alpha value is -0.0600. The van der Waals surface area contributed by atoms with E-state index in [4.69, 9.17) is 0 Å². The molecular formula is C4H5NaO4. The van der Waals surface area contributed by atoms with Crippen LogP contribution in [0.2, 0.25) is 0 Å². The van der Waals surface area contributed by atoms with E-state index in [2.05, 4.69) is 9.47 Å². The Morgan fingerprint density at radius 1 is 1.00 bits per heavy atom. The van der Waals surface area contributed by atoms with Gasteiger partial charge in [0, 0.05) is 0 Å². The Morgan fingerprint density at radius 2 is 1.33 bits per heavy atom. The van der Waals surface area contributed by atoms with Crippen LogP contribution in [0.3, 0.4) is 0 Å². The number of carbonyl (C=O) groups excluding carboxylic acids is 2. The summed E-state index contributed by atoms with van der Waals surface area (Å²) in [5.74, 6) is -0.964. The average Bonchev–Trinajstić information content (AvgIpc) is 1.77. The molecular weight excluding hydrogens is 135 g/mol. The predicted molar refractivity (Wildman–Crippen MR) is 29.1 cm³/mol. The van der Waals surface area contributed by atoms with E-state index in [1.165, 1.54) is 0 Å². The molecule has 0 amide bonds. The molecule has 0 aromatic rings. The van der Waals surface area contributed by atoms with Gasteiger partial charge in [-0.15, -0.1) is 0 Å². The fraction of sp³-hybridized carbons (Fsp3) is 0.500. The van der Waals surface area contributed by atoms with Gasteiger partial charge in [0.1, 0.15) is 0 Å². The van der Waals surface area contributed by atoms with Gasteiger partial charge in [-0.25, -0.2) is 9.59 Å². The molecule has 0 aromatic carbocycles. The van der Waals surface area contributed by atoms with Crippen LogP contribution in [0.5, 0.6) is 0 Å². The molecule has 0 bridgehead atoms. The standard InChI is InChI=1S/C4H4O4.Na.H/c5-3-1-7-4(6)2-8-3;;/h1-2H2;;. The number of carbonyl (C=O) groups is 2. The normalized spacial score (nSPS) is 17.3. The summed E-state index contributed by atoms with van der Waals surface area (Å²) in [6, 6.07) is 0. The van der Waals surface area contributed by atoms with Gasteiger partial charge in [-0.1, -0.05) is 0 Å². The van der Waals surface area contributed by atoms with Crippen LogP contribution < -0.4 is 0 Å². The maximum absolute atomic E-state index is 10.1. The van der Waals surface area contributed by atoms with Gasteiger partial charge in [0.25, 0.3) is 0 Å². The van der Waals surface area contributed by atoms with Gasteiger partial charge in [0.15, 0.2) is 13.2 Å². The van der Waals surface area contributed by atoms with Crippen LogP contribution in [0.15, 0.2) is 0 Å². The Balaban J connectivity index is 0.000000640. The Morgan fingerprint density at radius 3 is 1.56 bits per heavy atom. The molecule has 1 aliphatic heterocycles. The van der Waals surface area contributed by atoms with Gasteiger partial charge in [0.05, 0.1) is 0 Å². The maximum atomic E-state index is 10.1. The van der Waals surface area contributed by atoms with Crippen LogP contribution in [0.1, 0.15) is 0 Å². The molecule has 46 valence electrons. The summed E-state index contributed by atoms with van der Waals surface area (Å²) in [6.45, 7) is -0.475. The van der Waals surface area contributed by atoms with Crippen molar-refractivity contribution in [1.82, 2.24) is 0 Å². The summed E-state index contributed by atoms with van der Waals surface area (Å²) in [7, 11) is 0. The van der Waals surface area contributed by atoms with Crippen molar-refractivity contribution in [2.24, 2.45) is 0 Å². The minimum absolute atomic E-state index is 0. The summed E-state index contributed by atoms with van der Waals surface area (Å²) in [4.78, 5) is 20.2. The first-order chi connectivity index (χ1) is 3.79. The first-order valence-electron chi connectivity index (χ1n) is 2.10. The molecule has 0 unspecified atom stereocenters. The number of cyclic esters (lactones) is 2. The summed E-state index contributed by atoms with van der Waals surface area (Å²) in [6.07, 6.45) is 0. The molecule has 5 heteroatoms. The number of ether oxygens (including phenoxy) is 2. The van der Waals surface area contributed by atoms with E-state index in [1.807, 2.05) is 0 Å². The zero-order chi connectivity index (χ0) is 5.98. The van der Waals surface area contributed by atoms with Crippen LogP contribution in [-0.4, -0.2) is 54.7 Å². The second kappa shape index (κ2) is 3.87. The topological polar surface area (TPSA) is 52.6 Å². The van der Waals surface area contributed by atoms with Crippen molar-refractivity contribution in [2.45, 2.75) is 0 Å². The third kappa shape index (κ3) is 2.84. The zero-order valence-electron chi connectivity index (χ0n) is 4.05. The van der Waals surface area contributed by atoms with Crippen LogP contribution in [-0.2, 0) is 19.1 Å². The molecule has 0 saturated carbocycles.